The summed E-state index contributed by atoms with van der Waals surface area (Å²) in [6.45, 7) is 1.89. The van der Waals surface area contributed by atoms with E-state index in [9.17, 15) is 4.79 Å². The van der Waals surface area contributed by atoms with Gasteiger partial charge < -0.3 is 4.57 Å². The van der Waals surface area contributed by atoms with Gasteiger partial charge in [0.15, 0.2) is 5.16 Å². The molecule has 3 aromatic rings. The van der Waals surface area contributed by atoms with E-state index in [1.54, 1.807) is 10.9 Å². The summed E-state index contributed by atoms with van der Waals surface area (Å²) < 4.78 is 1.77. The van der Waals surface area contributed by atoms with Gasteiger partial charge in [-0.2, -0.15) is 5.10 Å². The van der Waals surface area contributed by atoms with Crippen molar-refractivity contribution in [2.45, 2.75) is 12.1 Å². The minimum atomic E-state index is -0.178. The number of hydrazone groups is 1. The van der Waals surface area contributed by atoms with Crippen LogP contribution in [0.1, 0.15) is 12.5 Å². The smallest absolute Gasteiger partial charge is 0.250 e. The second-order valence-electron chi connectivity index (χ2n) is 5.27. The Balaban J connectivity index is 1.67. The van der Waals surface area contributed by atoms with Gasteiger partial charge in [0.25, 0.3) is 5.91 Å². The number of aryl methyl sites for hydroxylation is 1. The zero-order chi connectivity index (χ0) is 16.9. The zero-order valence-electron chi connectivity index (χ0n) is 13.4. The number of hydrogen-bond donors (Lipinski definition) is 1. The van der Waals surface area contributed by atoms with Gasteiger partial charge in [-0.3, -0.25) is 4.79 Å². The van der Waals surface area contributed by atoms with Crippen molar-refractivity contribution in [1.82, 2.24) is 20.2 Å². The summed E-state index contributed by atoms with van der Waals surface area (Å²) in [6, 6.07) is 14.2. The van der Waals surface area contributed by atoms with Crippen molar-refractivity contribution in [3.05, 3.63) is 54.4 Å². The summed E-state index contributed by atoms with van der Waals surface area (Å²) in [5.74, 6) is 0.0568. The number of benzene rings is 2. The Morgan fingerprint density at radius 2 is 2.04 bits per heavy atom. The van der Waals surface area contributed by atoms with E-state index in [4.69, 9.17) is 0 Å². The monoisotopic (exact) mass is 339 g/mol. The number of amides is 1. The summed E-state index contributed by atoms with van der Waals surface area (Å²) in [5, 5.41) is 14.9. The molecular weight excluding hydrogens is 322 g/mol. The van der Waals surface area contributed by atoms with Gasteiger partial charge in [0.2, 0.25) is 0 Å². The van der Waals surface area contributed by atoms with Crippen molar-refractivity contribution >= 4 is 34.2 Å². The number of carbonyl (C=O) groups excluding carboxylic acids is 1. The van der Waals surface area contributed by atoms with E-state index in [1.165, 1.54) is 11.8 Å². The van der Waals surface area contributed by atoms with Crippen molar-refractivity contribution in [2.24, 2.45) is 12.1 Å². The number of carbonyl (C=O) groups is 1. The highest BCUT2D eigenvalue weighted by Crippen LogP contribution is 2.19. The van der Waals surface area contributed by atoms with Gasteiger partial charge in [-0.1, -0.05) is 54.2 Å². The summed E-state index contributed by atoms with van der Waals surface area (Å²) in [6.07, 6.45) is 1.60. The van der Waals surface area contributed by atoms with E-state index in [1.807, 2.05) is 38.2 Å². The van der Waals surface area contributed by atoms with Crippen molar-refractivity contribution in [3.63, 3.8) is 0 Å². The van der Waals surface area contributed by atoms with Gasteiger partial charge in [0.1, 0.15) is 6.33 Å². The van der Waals surface area contributed by atoms with E-state index < -0.39 is 0 Å². The molecule has 0 radical (unpaired) electrons. The number of aromatic nitrogens is 3. The van der Waals surface area contributed by atoms with Crippen LogP contribution in [0.2, 0.25) is 0 Å². The molecule has 0 atom stereocenters. The molecule has 0 saturated carbocycles. The molecule has 0 saturated heterocycles. The number of thioether (sulfide) groups is 1. The van der Waals surface area contributed by atoms with E-state index in [-0.39, 0.29) is 11.7 Å². The highest BCUT2D eigenvalue weighted by Gasteiger charge is 2.07. The highest BCUT2D eigenvalue weighted by atomic mass is 32.2. The molecule has 0 unspecified atom stereocenters. The third kappa shape index (κ3) is 3.62. The summed E-state index contributed by atoms with van der Waals surface area (Å²) in [4.78, 5) is 12.0. The van der Waals surface area contributed by atoms with Crippen LogP contribution < -0.4 is 5.43 Å². The standard InChI is InChI=1S/C17H17N5OS/c1-12(14-9-5-7-13-6-3-4-8-15(13)14)19-20-16(23)10-24-17-21-18-11-22(17)2/h3-9,11H,10H2,1-2H3,(H,20,23)/b19-12-. The van der Waals surface area contributed by atoms with Crippen LogP contribution in [-0.2, 0) is 11.8 Å². The number of fused-ring (bicyclic) bond motifs is 1. The average Bonchev–Trinajstić information content (AvgIpc) is 3.02. The van der Waals surface area contributed by atoms with Crippen LogP contribution in [0.3, 0.4) is 0 Å². The number of hydrogen-bond acceptors (Lipinski definition) is 5. The lowest BCUT2D eigenvalue weighted by atomic mass is 10.0. The van der Waals surface area contributed by atoms with Crippen molar-refractivity contribution in [2.75, 3.05) is 5.75 Å². The predicted octanol–water partition coefficient (Wildman–Crippen LogP) is 2.60. The quantitative estimate of drug-likeness (QED) is 0.441. The normalized spacial score (nSPS) is 11.7. The molecule has 1 aromatic heterocycles. The van der Waals surface area contributed by atoms with Gasteiger partial charge >= 0.3 is 0 Å². The first-order chi connectivity index (χ1) is 11.6. The lowest BCUT2D eigenvalue weighted by Crippen LogP contribution is -2.21. The molecule has 0 bridgehead atoms. The Morgan fingerprint density at radius 1 is 1.25 bits per heavy atom. The van der Waals surface area contributed by atoms with Crippen molar-refractivity contribution < 1.29 is 4.79 Å². The molecule has 7 heteroatoms. The lowest BCUT2D eigenvalue weighted by Gasteiger charge is -2.06. The van der Waals surface area contributed by atoms with Gasteiger partial charge in [0, 0.05) is 12.6 Å². The Kier molecular flexibility index (Phi) is 4.90. The van der Waals surface area contributed by atoms with Crippen molar-refractivity contribution in [3.8, 4) is 0 Å². The van der Waals surface area contributed by atoms with E-state index in [0.29, 0.717) is 5.16 Å². The molecule has 1 amide bonds. The molecule has 0 spiro atoms. The fourth-order valence-electron chi connectivity index (χ4n) is 2.31. The fraction of sp³-hybridized carbons (Fsp3) is 0.176. The first kappa shape index (κ1) is 16.2. The Morgan fingerprint density at radius 3 is 2.83 bits per heavy atom. The Hall–Kier alpha value is -2.67. The SMILES string of the molecule is C/C(=N/NC(=O)CSc1nncn1C)c1cccc2ccccc12. The van der Waals surface area contributed by atoms with Gasteiger partial charge in [-0.05, 0) is 17.7 Å². The zero-order valence-corrected chi connectivity index (χ0v) is 14.2. The molecule has 2 aromatic carbocycles. The number of nitrogens with one attached hydrogen (secondary N) is 1. The van der Waals surface area contributed by atoms with Crippen LogP contribution in [-0.4, -0.2) is 32.1 Å². The molecule has 3 rings (SSSR count). The lowest BCUT2D eigenvalue weighted by molar-refractivity contribution is -0.118. The van der Waals surface area contributed by atoms with Crippen LogP contribution in [0.4, 0.5) is 0 Å². The molecule has 6 nitrogen and oxygen atoms in total. The molecular formula is C17H17N5OS. The summed E-state index contributed by atoms with van der Waals surface area (Å²) in [7, 11) is 1.84. The molecule has 1 heterocycles. The van der Waals surface area contributed by atoms with E-state index in [2.05, 4.69) is 38.9 Å². The average molecular weight is 339 g/mol. The summed E-state index contributed by atoms with van der Waals surface area (Å²) >= 11 is 1.32. The predicted molar refractivity (Wildman–Crippen MR) is 96.0 cm³/mol. The first-order valence-electron chi connectivity index (χ1n) is 7.43. The maximum absolute atomic E-state index is 12.0. The van der Waals surface area contributed by atoms with Crippen molar-refractivity contribution in [1.29, 1.82) is 0 Å². The molecule has 0 aliphatic heterocycles. The maximum Gasteiger partial charge on any atom is 0.250 e. The largest absolute Gasteiger partial charge is 0.312 e. The maximum atomic E-state index is 12.0. The second-order valence-corrected chi connectivity index (χ2v) is 6.21. The Bertz CT molecular complexity index is 897. The minimum absolute atomic E-state index is 0.178. The van der Waals surface area contributed by atoms with Crippen LogP contribution >= 0.6 is 11.8 Å². The molecule has 0 aliphatic carbocycles. The minimum Gasteiger partial charge on any atom is -0.312 e. The third-order valence-corrected chi connectivity index (χ3v) is 4.56. The molecule has 0 fully saturated rings. The fourth-order valence-corrected chi connectivity index (χ4v) is 2.99. The van der Waals surface area contributed by atoms with E-state index in [0.717, 1.165) is 22.0 Å². The molecule has 1 N–H and O–H groups in total. The molecule has 24 heavy (non-hydrogen) atoms. The van der Waals surface area contributed by atoms with Gasteiger partial charge in [0.05, 0.1) is 11.5 Å². The van der Waals surface area contributed by atoms with Crippen LogP contribution in [0.15, 0.2) is 59.0 Å². The van der Waals surface area contributed by atoms with E-state index >= 15 is 0 Å². The molecule has 0 aliphatic rings. The Labute approximate surface area is 144 Å². The van der Waals surface area contributed by atoms with Gasteiger partial charge in [-0.25, -0.2) is 5.43 Å². The first-order valence-corrected chi connectivity index (χ1v) is 8.42. The summed E-state index contributed by atoms with van der Waals surface area (Å²) in [5.41, 5.74) is 4.37. The van der Waals surface area contributed by atoms with Gasteiger partial charge in [-0.15, -0.1) is 10.2 Å². The van der Waals surface area contributed by atoms with Crippen LogP contribution in [0.25, 0.3) is 10.8 Å². The number of rotatable bonds is 5. The topological polar surface area (TPSA) is 72.2 Å². The number of nitrogens with zero attached hydrogens (tertiary/aromatic N) is 4. The van der Waals surface area contributed by atoms with Crippen LogP contribution in [0.5, 0.6) is 0 Å². The van der Waals surface area contributed by atoms with Crippen LogP contribution in [0, 0.1) is 0 Å². The second kappa shape index (κ2) is 7.27. The third-order valence-electron chi connectivity index (χ3n) is 3.53. The highest BCUT2D eigenvalue weighted by molar-refractivity contribution is 7.99. The molecule has 122 valence electrons.